The van der Waals surface area contributed by atoms with E-state index >= 15 is 0 Å². The van der Waals surface area contributed by atoms with Crippen molar-refractivity contribution < 1.29 is 4.68 Å². The maximum atomic E-state index is 2.37. The van der Waals surface area contributed by atoms with Crippen molar-refractivity contribution in [3.63, 3.8) is 0 Å². The smallest absolute Gasteiger partial charge is 0.161 e. The Morgan fingerprint density at radius 1 is 1.21 bits per heavy atom. The van der Waals surface area contributed by atoms with Gasteiger partial charge in [-0.1, -0.05) is 19.8 Å². The minimum atomic E-state index is 1.16. The Balaban J connectivity index is 2.49. The zero-order chi connectivity index (χ0) is 10.6. The molecule has 0 spiro atoms. The van der Waals surface area contributed by atoms with Crippen molar-refractivity contribution in [2.45, 2.75) is 53.0 Å². The van der Waals surface area contributed by atoms with Gasteiger partial charge in [0.15, 0.2) is 6.54 Å². The first-order valence-electron chi connectivity index (χ1n) is 5.70. The molecule has 0 atom stereocenters. The molecule has 2 nitrogen and oxygen atoms in total. The molecule has 80 valence electrons. The van der Waals surface area contributed by atoms with Crippen LogP contribution in [0.1, 0.15) is 44.0 Å². The van der Waals surface area contributed by atoms with Gasteiger partial charge in [0.1, 0.15) is 0 Å². The molecule has 2 heteroatoms. The van der Waals surface area contributed by atoms with Gasteiger partial charge in [-0.15, -0.1) is 4.68 Å². The molecule has 0 bridgehead atoms. The molecule has 0 aliphatic rings. The van der Waals surface area contributed by atoms with Crippen molar-refractivity contribution in [1.29, 1.82) is 0 Å². The van der Waals surface area contributed by atoms with Gasteiger partial charge in [0.2, 0.25) is 5.69 Å². The molecule has 0 amide bonds. The van der Waals surface area contributed by atoms with Crippen molar-refractivity contribution in [3.8, 4) is 0 Å². The molecular weight excluding hydrogens is 172 g/mol. The zero-order valence-electron chi connectivity index (χ0n) is 10.0. The number of unbranched alkanes of at least 4 members (excludes halogenated alkanes) is 3. The summed E-state index contributed by atoms with van der Waals surface area (Å²) in [5, 5.41) is 0. The zero-order valence-corrected chi connectivity index (χ0v) is 10.0. The standard InChI is InChI=1S/C12H23N2/c1-5-6-7-8-9-14-12(3)10-11(2)13(14)4/h10H,5-9H2,1-4H3/q+1. The average molecular weight is 195 g/mol. The second-order valence-corrected chi connectivity index (χ2v) is 4.13. The normalized spacial score (nSPS) is 10.9. The van der Waals surface area contributed by atoms with Crippen LogP contribution in [0.2, 0.25) is 0 Å². The molecule has 0 aromatic carbocycles. The molecule has 0 radical (unpaired) electrons. The van der Waals surface area contributed by atoms with Gasteiger partial charge in [0.25, 0.3) is 0 Å². The highest BCUT2D eigenvalue weighted by atomic mass is 15.4. The van der Waals surface area contributed by atoms with Crippen LogP contribution in [-0.2, 0) is 13.6 Å². The number of nitrogens with zero attached hydrogens (tertiary/aromatic N) is 2. The maximum Gasteiger partial charge on any atom is 0.205 e. The van der Waals surface area contributed by atoms with E-state index in [1.807, 2.05) is 0 Å². The summed E-state index contributed by atoms with van der Waals surface area (Å²) in [6.45, 7) is 7.77. The Kier molecular flexibility index (Phi) is 4.18. The van der Waals surface area contributed by atoms with Crippen molar-refractivity contribution >= 4 is 0 Å². The summed E-state index contributed by atoms with van der Waals surface area (Å²) < 4.78 is 4.62. The lowest BCUT2D eigenvalue weighted by atomic mass is 10.2. The fourth-order valence-corrected chi connectivity index (χ4v) is 1.91. The molecule has 0 unspecified atom stereocenters. The minimum Gasteiger partial charge on any atom is -0.161 e. The first-order chi connectivity index (χ1) is 6.66. The van der Waals surface area contributed by atoms with Crippen LogP contribution < -0.4 is 4.68 Å². The third-order valence-corrected chi connectivity index (χ3v) is 2.92. The van der Waals surface area contributed by atoms with Crippen LogP contribution >= 0.6 is 0 Å². The SMILES string of the molecule is CCCCCC[n+]1c(C)cc(C)n1C. The quantitative estimate of drug-likeness (QED) is 0.504. The maximum absolute atomic E-state index is 2.37. The lowest BCUT2D eigenvalue weighted by molar-refractivity contribution is -0.778. The van der Waals surface area contributed by atoms with Crippen molar-refractivity contribution in [3.05, 3.63) is 17.5 Å². The average Bonchev–Trinajstić information content (AvgIpc) is 2.38. The first-order valence-corrected chi connectivity index (χ1v) is 5.70. The van der Waals surface area contributed by atoms with Gasteiger partial charge in [-0.3, -0.25) is 0 Å². The molecule has 0 fully saturated rings. The van der Waals surface area contributed by atoms with E-state index in [1.54, 1.807) is 0 Å². The molecule has 1 rings (SSSR count). The summed E-state index contributed by atoms with van der Waals surface area (Å²) in [6, 6.07) is 2.25. The van der Waals surface area contributed by atoms with Crippen molar-refractivity contribution in [1.82, 2.24) is 4.68 Å². The summed E-state index contributed by atoms with van der Waals surface area (Å²) in [4.78, 5) is 0. The molecule has 0 saturated carbocycles. The van der Waals surface area contributed by atoms with E-state index in [9.17, 15) is 0 Å². The molecule has 0 aliphatic carbocycles. The lowest BCUT2D eigenvalue weighted by Crippen LogP contribution is -2.44. The number of aryl methyl sites for hydroxylation is 2. The van der Waals surface area contributed by atoms with E-state index in [-0.39, 0.29) is 0 Å². The Bertz CT molecular complexity index is 287. The van der Waals surface area contributed by atoms with Crippen LogP contribution in [0, 0.1) is 13.8 Å². The Labute approximate surface area is 87.5 Å². The Morgan fingerprint density at radius 3 is 2.43 bits per heavy atom. The predicted molar refractivity (Wildman–Crippen MR) is 59.2 cm³/mol. The minimum absolute atomic E-state index is 1.16. The van der Waals surface area contributed by atoms with E-state index in [4.69, 9.17) is 0 Å². The molecule has 0 N–H and O–H groups in total. The van der Waals surface area contributed by atoms with E-state index in [0.29, 0.717) is 0 Å². The van der Waals surface area contributed by atoms with Crippen LogP contribution in [0.5, 0.6) is 0 Å². The summed E-state index contributed by atoms with van der Waals surface area (Å²) >= 11 is 0. The highest BCUT2D eigenvalue weighted by Gasteiger charge is 2.13. The van der Waals surface area contributed by atoms with E-state index in [1.165, 1.54) is 37.1 Å². The molecule has 0 saturated heterocycles. The van der Waals surface area contributed by atoms with Crippen molar-refractivity contribution in [2.75, 3.05) is 0 Å². The second-order valence-electron chi connectivity index (χ2n) is 4.13. The van der Waals surface area contributed by atoms with E-state index in [0.717, 1.165) is 6.54 Å². The summed E-state index contributed by atoms with van der Waals surface area (Å²) in [6.07, 6.45) is 5.34. The summed E-state index contributed by atoms with van der Waals surface area (Å²) in [7, 11) is 2.14. The molecule has 0 aliphatic heterocycles. The number of aromatic nitrogens is 2. The number of hydrogen-bond acceptors (Lipinski definition) is 0. The summed E-state index contributed by atoms with van der Waals surface area (Å²) in [5.41, 5.74) is 2.72. The fraction of sp³-hybridized carbons (Fsp3) is 0.750. The summed E-state index contributed by atoms with van der Waals surface area (Å²) in [5.74, 6) is 0. The van der Waals surface area contributed by atoms with Crippen LogP contribution in [-0.4, -0.2) is 4.68 Å². The largest absolute Gasteiger partial charge is 0.205 e. The fourth-order valence-electron chi connectivity index (χ4n) is 1.91. The van der Waals surface area contributed by atoms with Gasteiger partial charge >= 0.3 is 0 Å². The second kappa shape index (κ2) is 5.18. The highest BCUT2D eigenvalue weighted by Crippen LogP contribution is 2.01. The molecule has 1 aromatic rings. The van der Waals surface area contributed by atoms with Crippen molar-refractivity contribution in [2.24, 2.45) is 7.05 Å². The molecular formula is C12H23N2+. The van der Waals surface area contributed by atoms with E-state index < -0.39 is 0 Å². The number of rotatable bonds is 5. The van der Waals surface area contributed by atoms with Gasteiger partial charge in [-0.25, -0.2) is 0 Å². The van der Waals surface area contributed by atoms with Crippen LogP contribution in [0.25, 0.3) is 0 Å². The molecule has 1 heterocycles. The molecule has 14 heavy (non-hydrogen) atoms. The topological polar surface area (TPSA) is 8.81 Å². The van der Waals surface area contributed by atoms with Crippen LogP contribution in [0.3, 0.4) is 0 Å². The van der Waals surface area contributed by atoms with Gasteiger partial charge in [0.05, 0.1) is 12.7 Å². The Morgan fingerprint density at radius 2 is 1.93 bits per heavy atom. The Hall–Kier alpha value is -0.790. The van der Waals surface area contributed by atoms with Gasteiger partial charge < -0.3 is 0 Å². The van der Waals surface area contributed by atoms with Crippen LogP contribution in [0.4, 0.5) is 0 Å². The molecule has 1 aromatic heterocycles. The monoisotopic (exact) mass is 195 g/mol. The number of hydrogen-bond donors (Lipinski definition) is 0. The van der Waals surface area contributed by atoms with Gasteiger partial charge in [-0.2, -0.15) is 4.68 Å². The van der Waals surface area contributed by atoms with E-state index in [2.05, 4.69) is 43.2 Å². The first kappa shape index (κ1) is 11.3. The predicted octanol–water partition coefficient (Wildman–Crippen LogP) is 2.51. The third kappa shape index (κ3) is 2.60. The third-order valence-electron chi connectivity index (χ3n) is 2.92. The lowest BCUT2D eigenvalue weighted by Gasteiger charge is -2.00. The van der Waals surface area contributed by atoms with Gasteiger partial charge in [0, 0.05) is 19.4 Å². The van der Waals surface area contributed by atoms with Gasteiger partial charge in [-0.05, 0) is 13.3 Å². The highest BCUT2D eigenvalue weighted by molar-refractivity contribution is 5.00. The van der Waals surface area contributed by atoms with Crippen LogP contribution in [0.15, 0.2) is 6.07 Å².